The monoisotopic (exact) mass is 483 g/mol. The Labute approximate surface area is 196 Å². The molecule has 0 spiro atoms. The highest BCUT2D eigenvalue weighted by molar-refractivity contribution is 7.98. The van der Waals surface area contributed by atoms with Crippen molar-refractivity contribution in [3.05, 3.63) is 71.2 Å². The molecular weight excluding hydrogens is 462 g/mol. The average molecular weight is 484 g/mol. The summed E-state index contributed by atoms with van der Waals surface area (Å²) in [6, 6.07) is 13.1. The van der Waals surface area contributed by atoms with E-state index in [1.807, 2.05) is 19.1 Å². The third-order valence-electron chi connectivity index (χ3n) is 5.18. The molecule has 0 bridgehead atoms. The maximum absolute atomic E-state index is 13.2. The second-order valence-corrected chi connectivity index (χ2v) is 10.3. The summed E-state index contributed by atoms with van der Waals surface area (Å²) in [4.78, 5) is 19.3. The summed E-state index contributed by atoms with van der Waals surface area (Å²) in [7, 11) is -3.69. The lowest BCUT2D eigenvalue weighted by Gasteiger charge is -2.34. The van der Waals surface area contributed by atoms with Crippen LogP contribution in [0.3, 0.4) is 0 Å². The van der Waals surface area contributed by atoms with E-state index in [9.17, 15) is 13.2 Å². The van der Waals surface area contributed by atoms with Crippen molar-refractivity contribution >= 4 is 27.7 Å². The Bertz CT molecular complexity index is 1290. The number of piperazine rings is 1. The van der Waals surface area contributed by atoms with Crippen LogP contribution in [0, 0.1) is 18.3 Å². The molecule has 0 atom stereocenters. The molecule has 3 aromatic rings. The van der Waals surface area contributed by atoms with Crippen molar-refractivity contribution in [2.45, 2.75) is 22.6 Å². The van der Waals surface area contributed by atoms with Gasteiger partial charge in [0.05, 0.1) is 27.8 Å². The second-order valence-electron chi connectivity index (χ2n) is 7.41. The molecule has 1 aromatic carbocycles. The van der Waals surface area contributed by atoms with E-state index in [1.54, 1.807) is 23.2 Å². The molecule has 1 saturated heterocycles. The molecule has 11 heteroatoms. The molecule has 1 aliphatic rings. The summed E-state index contributed by atoms with van der Waals surface area (Å²) in [5, 5.41) is 13.5. The van der Waals surface area contributed by atoms with Gasteiger partial charge in [0.2, 0.25) is 10.0 Å². The first-order chi connectivity index (χ1) is 15.9. The highest BCUT2D eigenvalue weighted by Crippen LogP contribution is 2.26. The van der Waals surface area contributed by atoms with Crippen molar-refractivity contribution in [2.75, 3.05) is 26.2 Å². The van der Waals surface area contributed by atoms with Gasteiger partial charge in [-0.1, -0.05) is 16.9 Å². The Hall–Kier alpha value is -3.20. The van der Waals surface area contributed by atoms with Gasteiger partial charge in [-0.25, -0.2) is 13.4 Å². The molecule has 4 rings (SSSR count). The van der Waals surface area contributed by atoms with Crippen LogP contribution in [-0.4, -0.2) is 59.8 Å². The van der Waals surface area contributed by atoms with Crippen LogP contribution in [-0.2, 0) is 15.8 Å². The van der Waals surface area contributed by atoms with Crippen molar-refractivity contribution in [1.82, 2.24) is 19.3 Å². The number of carbonyl (C=O) groups excluding carboxylic acids is 1. The molecule has 0 N–H and O–H groups in total. The van der Waals surface area contributed by atoms with Crippen LogP contribution in [0.15, 0.2) is 63.1 Å². The smallest absolute Gasteiger partial charge is 0.256 e. The summed E-state index contributed by atoms with van der Waals surface area (Å²) in [6.45, 7) is 2.74. The first kappa shape index (κ1) is 23.0. The van der Waals surface area contributed by atoms with Crippen LogP contribution in [0.1, 0.15) is 27.4 Å². The highest BCUT2D eigenvalue weighted by Gasteiger charge is 2.31. The molecule has 0 radical (unpaired) electrons. The van der Waals surface area contributed by atoms with Gasteiger partial charge in [0.25, 0.3) is 5.91 Å². The summed E-state index contributed by atoms with van der Waals surface area (Å²) >= 11 is 1.40. The number of amides is 1. The number of rotatable bonds is 6. The fourth-order valence-corrected chi connectivity index (χ4v) is 5.74. The third-order valence-corrected chi connectivity index (χ3v) is 8.13. The van der Waals surface area contributed by atoms with Crippen LogP contribution in [0.4, 0.5) is 0 Å². The minimum Gasteiger partial charge on any atom is -0.361 e. The van der Waals surface area contributed by atoms with Gasteiger partial charge >= 0.3 is 0 Å². The van der Waals surface area contributed by atoms with Crippen molar-refractivity contribution in [2.24, 2.45) is 0 Å². The number of sulfonamides is 1. The number of hydrogen-bond acceptors (Lipinski definition) is 8. The summed E-state index contributed by atoms with van der Waals surface area (Å²) < 4.78 is 32.3. The minimum atomic E-state index is -3.69. The predicted octanol–water partition coefficient (Wildman–Crippen LogP) is 2.69. The normalized spacial score (nSPS) is 14.7. The number of thioether (sulfide) groups is 1. The van der Waals surface area contributed by atoms with Crippen LogP contribution >= 0.6 is 11.8 Å². The number of aryl methyl sites for hydroxylation is 1. The highest BCUT2D eigenvalue weighted by atomic mass is 32.2. The standard InChI is InChI=1S/C22H21N5O4S2/c1-16-13-18(25-31-16)15-32-21-20(3-2-8-24-21)22(28)26-9-11-27(12-10-26)33(29,30)19-6-4-17(14-23)5-7-19/h2-8,13H,9-12,15H2,1H3. The van der Waals surface area contributed by atoms with Gasteiger partial charge in [0.15, 0.2) is 0 Å². The zero-order valence-electron chi connectivity index (χ0n) is 17.8. The van der Waals surface area contributed by atoms with Gasteiger partial charge < -0.3 is 9.42 Å². The molecule has 3 heterocycles. The maximum Gasteiger partial charge on any atom is 0.256 e. The molecule has 2 aromatic heterocycles. The van der Waals surface area contributed by atoms with Crippen LogP contribution in [0.5, 0.6) is 0 Å². The van der Waals surface area contributed by atoms with Gasteiger partial charge in [0, 0.05) is 44.2 Å². The van der Waals surface area contributed by atoms with Gasteiger partial charge in [-0.3, -0.25) is 4.79 Å². The Morgan fingerprint density at radius 3 is 2.55 bits per heavy atom. The average Bonchev–Trinajstić information content (AvgIpc) is 3.27. The summed E-state index contributed by atoms with van der Waals surface area (Å²) in [5.41, 5.74) is 1.64. The number of pyridine rings is 1. The predicted molar refractivity (Wildman–Crippen MR) is 121 cm³/mol. The van der Waals surface area contributed by atoms with Gasteiger partial charge in [0.1, 0.15) is 10.8 Å². The SMILES string of the molecule is Cc1cc(CSc2ncccc2C(=O)N2CCN(S(=O)(=O)c3ccc(C#N)cc3)CC2)no1. The Balaban J connectivity index is 1.42. The fourth-order valence-electron chi connectivity index (χ4n) is 3.45. The summed E-state index contributed by atoms with van der Waals surface area (Å²) in [5.74, 6) is 1.06. The largest absolute Gasteiger partial charge is 0.361 e. The van der Waals surface area contributed by atoms with E-state index in [0.29, 0.717) is 21.9 Å². The van der Waals surface area contributed by atoms with E-state index < -0.39 is 10.0 Å². The molecular formula is C22H21N5O4S2. The second kappa shape index (κ2) is 9.74. The first-order valence-corrected chi connectivity index (χ1v) is 12.6. The lowest BCUT2D eigenvalue weighted by molar-refractivity contribution is 0.0693. The molecule has 1 amide bonds. The molecule has 1 aliphatic heterocycles. The molecule has 1 fully saturated rings. The van der Waals surface area contributed by atoms with Gasteiger partial charge in [-0.05, 0) is 43.3 Å². The van der Waals surface area contributed by atoms with Crippen molar-refractivity contribution in [3.63, 3.8) is 0 Å². The zero-order valence-corrected chi connectivity index (χ0v) is 19.5. The number of hydrogen-bond donors (Lipinski definition) is 0. The number of benzene rings is 1. The van der Waals surface area contributed by atoms with Crippen LogP contribution < -0.4 is 0 Å². The van der Waals surface area contributed by atoms with Gasteiger partial charge in [-0.2, -0.15) is 9.57 Å². The van der Waals surface area contributed by atoms with Crippen molar-refractivity contribution < 1.29 is 17.7 Å². The molecule has 33 heavy (non-hydrogen) atoms. The Kier molecular flexibility index (Phi) is 6.78. The number of aromatic nitrogens is 2. The third kappa shape index (κ3) is 5.08. The molecule has 0 saturated carbocycles. The van der Waals surface area contributed by atoms with E-state index in [2.05, 4.69) is 10.1 Å². The number of carbonyl (C=O) groups is 1. The Morgan fingerprint density at radius 1 is 1.18 bits per heavy atom. The van der Waals surface area contributed by atoms with Crippen molar-refractivity contribution in [1.29, 1.82) is 5.26 Å². The van der Waals surface area contributed by atoms with E-state index in [4.69, 9.17) is 9.78 Å². The fraction of sp³-hybridized carbons (Fsp3) is 0.273. The minimum absolute atomic E-state index is 0.135. The Morgan fingerprint density at radius 2 is 1.91 bits per heavy atom. The number of nitrogens with zero attached hydrogens (tertiary/aromatic N) is 5. The lowest BCUT2D eigenvalue weighted by atomic mass is 10.2. The summed E-state index contributed by atoms with van der Waals surface area (Å²) in [6.07, 6.45) is 1.63. The lowest BCUT2D eigenvalue weighted by Crippen LogP contribution is -2.50. The molecule has 9 nitrogen and oxygen atoms in total. The number of nitriles is 1. The molecule has 170 valence electrons. The molecule has 0 aliphatic carbocycles. The quantitative estimate of drug-likeness (QED) is 0.491. The van der Waals surface area contributed by atoms with Gasteiger partial charge in [-0.15, -0.1) is 0 Å². The maximum atomic E-state index is 13.2. The van der Waals surface area contributed by atoms with E-state index in [0.717, 1.165) is 11.5 Å². The van der Waals surface area contributed by atoms with Crippen LogP contribution in [0.25, 0.3) is 0 Å². The molecule has 0 unspecified atom stereocenters. The zero-order chi connectivity index (χ0) is 23.4. The topological polar surface area (TPSA) is 120 Å². The van der Waals surface area contributed by atoms with E-state index in [-0.39, 0.29) is 37.0 Å². The van der Waals surface area contributed by atoms with E-state index >= 15 is 0 Å². The van der Waals surface area contributed by atoms with Crippen LogP contribution in [0.2, 0.25) is 0 Å². The van der Waals surface area contributed by atoms with E-state index in [1.165, 1.54) is 40.3 Å². The first-order valence-electron chi connectivity index (χ1n) is 10.2. The van der Waals surface area contributed by atoms with Crippen molar-refractivity contribution in [3.8, 4) is 6.07 Å².